The summed E-state index contributed by atoms with van der Waals surface area (Å²) in [4.78, 5) is 56.3. The molecule has 3 heterocycles. The summed E-state index contributed by atoms with van der Waals surface area (Å²) in [5.41, 5.74) is 3.44. The Morgan fingerprint density at radius 3 is 2.50 bits per heavy atom. The minimum atomic E-state index is -0.477. The number of nitrogens with zero attached hydrogens (tertiary/aromatic N) is 2. The van der Waals surface area contributed by atoms with Crippen LogP contribution in [-0.4, -0.2) is 48.8 Å². The second-order valence-electron chi connectivity index (χ2n) is 8.91. The zero-order chi connectivity index (χ0) is 25.6. The number of amides is 3. The van der Waals surface area contributed by atoms with Crippen LogP contribution in [0.5, 0.6) is 0 Å². The summed E-state index contributed by atoms with van der Waals surface area (Å²) < 4.78 is 5.27. The van der Waals surface area contributed by atoms with Gasteiger partial charge < -0.3 is 15.0 Å². The highest BCUT2D eigenvalue weighted by Crippen LogP contribution is 2.38. The average molecular weight is 504 g/mol. The van der Waals surface area contributed by atoms with Crippen molar-refractivity contribution in [1.82, 2.24) is 4.90 Å². The first-order valence-electron chi connectivity index (χ1n) is 11.7. The van der Waals surface area contributed by atoms with E-state index in [1.807, 2.05) is 26.1 Å². The summed E-state index contributed by atoms with van der Waals surface area (Å²) in [5, 5.41) is 3.29. The van der Waals surface area contributed by atoms with Crippen LogP contribution < -0.4 is 10.2 Å². The molecule has 0 unspecified atom stereocenters. The number of aryl methyl sites for hydroxylation is 1. The van der Waals surface area contributed by atoms with Crippen molar-refractivity contribution in [3.8, 4) is 0 Å². The van der Waals surface area contributed by atoms with Crippen LogP contribution in [0.2, 0.25) is 0 Å². The van der Waals surface area contributed by atoms with Gasteiger partial charge in [0.15, 0.2) is 0 Å². The number of benzene rings is 2. The lowest BCUT2D eigenvalue weighted by molar-refractivity contribution is 0.0526. The van der Waals surface area contributed by atoms with Crippen LogP contribution in [0.3, 0.4) is 0 Å². The van der Waals surface area contributed by atoms with E-state index in [2.05, 4.69) is 10.2 Å². The average Bonchev–Trinajstić information content (AvgIpc) is 3.33. The molecule has 0 spiro atoms. The van der Waals surface area contributed by atoms with Crippen LogP contribution in [0, 0.1) is 6.92 Å². The molecule has 0 radical (unpaired) electrons. The number of nitrogens with one attached hydrogen (secondary N) is 1. The Labute approximate surface area is 212 Å². The Kier molecular flexibility index (Phi) is 6.19. The van der Waals surface area contributed by atoms with Gasteiger partial charge in [-0.25, -0.2) is 9.69 Å². The highest BCUT2D eigenvalue weighted by atomic mass is 32.1. The number of carbonyl (C=O) groups is 4. The van der Waals surface area contributed by atoms with Crippen molar-refractivity contribution in [1.29, 1.82) is 0 Å². The smallest absolute Gasteiger partial charge is 0.341 e. The molecule has 184 valence electrons. The molecule has 1 N–H and O–H groups in total. The monoisotopic (exact) mass is 503 g/mol. The van der Waals surface area contributed by atoms with Crippen molar-refractivity contribution in [3.63, 3.8) is 0 Å². The van der Waals surface area contributed by atoms with Gasteiger partial charge in [-0.15, -0.1) is 11.3 Å². The van der Waals surface area contributed by atoms with E-state index in [0.717, 1.165) is 27.4 Å². The predicted molar refractivity (Wildman–Crippen MR) is 137 cm³/mol. The molecule has 1 aromatic heterocycles. The third-order valence-corrected chi connectivity index (χ3v) is 7.53. The third kappa shape index (κ3) is 4.10. The van der Waals surface area contributed by atoms with Gasteiger partial charge in [-0.2, -0.15) is 0 Å². The lowest BCUT2D eigenvalue weighted by Crippen LogP contribution is -2.29. The van der Waals surface area contributed by atoms with Crippen LogP contribution in [0.1, 0.15) is 64.4 Å². The summed E-state index contributed by atoms with van der Waals surface area (Å²) in [6.07, 6.45) is 0.691. The SMILES string of the molecule is CCOC(=O)c1c(NC(=O)c2ccc3c(c2)C(=O)N(c2ccc(C)cc2)C3=O)sc2c1CCN(C)C2. The standard InChI is InChI=1S/C27H25N3O5S/c1-4-35-27(34)22-19-11-12-29(3)14-21(19)36-24(22)28-23(31)16-7-10-18-20(13-16)26(33)30(25(18)32)17-8-5-15(2)6-9-17/h5-10,13H,4,11-12,14H2,1-3H3,(H,28,31). The fourth-order valence-corrected chi connectivity index (χ4v) is 5.84. The van der Waals surface area contributed by atoms with Crippen molar-refractivity contribution in [2.45, 2.75) is 26.8 Å². The Morgan fingerprint density at radius 2 is 1.78 bits per heavy atom. The third-order valence-electron chi connectivity index (χ3n) is 6.40. The predicted octanol–water partition coefficient (Wildman–Crippen LogP) is 4.27. The van der Waals surface area contributed by atoms with Gasteiger partial charge >= 0.3 is 5.97 Å². The summed E-state index contributed by atoms with van der Waals surface area (Å²) >= 11 is 1.36. The molecule has 3 aromatic rings. The molecule has 0 saturated carbocycles. The van der Waals surface area contributed by atoms with Gasteiger partial charge in [-0.05, 0) is 63.2 Å². The molecule has 9 heteroatoms. The lowest BCUT2D eigenvalue weighted by Gasteiger charge is -2.22. The number of ether oxygens (including phenoxy) is 1. The van der Waals surface area contributed by atoms with Crippen LogP contribution in [0.25, 0.3) is 0 Å². The van der Waals surface area contributed by atoms with E-state index in [9.17, 15) is 19.2 Å². The Balaban J connectivity index is 1.44. The molecule has 5 rings (SSSR count). The van der Waals surface area contributed by atoms with Crippen LogP contribution in [-0.2, 0) is 17.7 Å². The van der Waals surface area contributed by atoms with Crippen LogP contribution in [0.15, 0.2) is 42.5 Å². The fourth-order valence-electron chi connectivity index (χ4n) is 4.52. The molecule has 0 aliphatic carbocycles. The zero-order valence-corrected chi connectivity index (χ0v) is 21.0. The van der Waals surface area contributed by atoms with E-state index in [1.165, 1.54) is 29.5 Å². The topological polar surface area (TPSA) is 96.0 Å². The second-order valence-corrected chi connectivity index (χ2v) is 10.0. The van der Waals surface area contributed by atoms with Crippen molar-refractivity contribution < 1.29 is 23.9 Å². The number of hydrogen-bond acceptors (Lipinski definition) is 7. The maximum absolute atomic E-state index is 13.2. The molecule has 2 aromatic carbocycles. The number of esters is 1. The number of thiophene rings is 1. The highest BCUT2D eigenvalue weighted by molar-refractivity contribution is 7.17. The maximum atomic E-state index is 13.2. The summed E-state index contributed by atoms with van der Waals surface area (Å²) in [7, 11) is 2.01. The van der Waals surface area contributed by atoms with Crippen molar-refractivity contribution in [3.05, 3.63) is 80.7 Å². The Morgan fingerprint density at radius 1 is 1.06 bits per heavy atom. The molecular weight excluding hydrogens is 478 g/mol. The maximum Gasteiger partial charge on any atom is 0.341 e. The van der Waals surface area contributed by atoms with Crippen molar-refractivity contribution >= 4 is 45.7 Å². The normalized spacial score (nSPS) is 15.0. The molecule has 0 bridgehead atoms. The minimum absolute atomic E-state index is 0.172. The lowest BCUT2D eigenvalue weighted by atomic mass is 10.0. The summed E-state index contributed by atoms with van der Waals surface area (Å²) in [6.45, 7) is 5.39. The van der Waals surface area contributed by atoms with E-state index < -0.39 is 23.7 Å². The van der Waals surface area contributed by atoms with Gasteiger partial charge in [-0.3, -0.25) is 14.4 Å². The number of imide groups is 1. The van der Waals surface area contributed by atoms with E-state index in [1.54, 1.807) is 19.1 Å². The second kappa shape index (κ2) is 9.33. The van der Waals surface area contributed by atoms with E-state index in [-0.39, 0.29) is 23.3 Å². The van der Waals surface area contributed by atoms with Gasteiger partial charge in [-0.1, -0.05) is 17.7 Å². The van der Waals surface area contributed by atoms with Crippen LogP contribution >= 0.6 is 11.3 Å². The first-order valence-corrected chi connectivity index (χ1v) is 12.5. The molecular formula is C27H25N3O5S. The first-order chi connectivity index (χ1) is 17.3. The van der Waals surface area contributed by atoms with E-state index in [4.69, 9.17) is 4.74 Å². The molecule has 0 saturated heterocycles. The number of carbonyl (C=O) groups excluding carboxylic acids is 4. The van der Waals surface area contributed by atoms with Gasteiger partial charge in [0, 0.05) is 23.5 Å². The number of likely N-dealkylation sites (N-methyl/N-ethyl adjacent to an activating group) is 1. The number of fused-ring (bicyclic) bond motifs is 2. The van der Waals surface area contributed by atoms with Crippen molar-refractivity contribution in [2.24, 2.45) is 0 Å². The molecule has 2 aliphatic heterocycles. The van der Waals surface area contributed by atoms with E-state index >= 15 is 0 Å². The fraction of sp³-hybridized carbons (Fsp3) is 0.259. The number of anilines is 2. The highest BCUT2D eigenvalue weighted by Gasteiger charge is 2.37. The van der Waals surface area contributed by atoms with E-state index in [0.29, 0.717) is 29.2 Å². The largest absolute Gasteiger partial charge is 0.462 e. The van der Waals surface area contributed by atoms with Crippen molar-refractivity contribution in [2.75, 3.05) is 30.4 Å². The quantitative estimate of drug-likeness (QED) is 0.413. The molecule has 36 heavy (non-hydrogen) atoms. The van der Waals surface area contributed by atoms with Gasteiger partial charge in [0.25, 0.3) is 17.7 Å². The molecule has 2 aliphatic rings. The molecule has 8 nitrogen and oxygen atoms in total. The van der Waals surface area contributed by atoms with Gasteiger partial charge in [0.2, 0.25) is 0 Å². The minimum Gasteiger partial charge on any atom is -0.462 e. The van der Waals surface area contributed by atoms with Crippen LogP contribution in [0.4, 0.5) is 10.7 Å². The number of rotatable bonds is 5. The number of hydrogen-bond donors (Lipinski definition) is 1. The Bertz CT molecular complexity index is 1410. The molecule has 3 amide bonds. The molecule has 0 fully saturated rings. The summed E-state index contributed by atoms with van der Waals surface area (Å²) in [6, 6.07) is 11.6. The molecule has 0 atom stereocenters. The first kappa shape index (κ1) is 23.9. The zero-order valence-electron chi connectivity index (χ0n) is 20.2. The summed E-state index contributed by atoms with van der Waals surface area (Å²) in [5.74, 6) is -1.83. The Hall–Kier alpha value is -3.82. The van der Waals surface area contributed by atoms with Gasteiger partial charge in [0.05, 0.1) is 29.0 Å². The van der Waals surface area contributed by atoms with Gasteiger partial charge in [0.1, 0.15) is 5.00 Å².